The highest BCUT2D eigenvalue weighted by molar-refractivity contribution is 6.30. The Kier molecular flexibility index (Phi) is 5.67. The first-order chi connectivity index (χ1) is 11.2. The van der Waals surface area contributed by atoms with Gasteiger partial charge in [-0.3, -0.25) is 9.48 Å². The smallest absolute Gasteiger partial charge is 0.254 e. The van der Waals surface area contributed by atoms with E-state index in [1.165, 1.54) is 6.20 Å². The van der Waals surface area contributed by atoms with E-state index in [-0.39, 0.29) is 5.92 Å². The molecule has 5 nitrogen and oxygen atoms in total. The van der Waals surface area contributed by atoms with Crippen molar-refractivity contribution in [3.05, 3.63) is 52.8 Å². The molecule has 0 aliphatic heterocycles. The number of amides is 1. The van der Waals surface area contributed by atoms with Crippen LogP contribution in [-0.4, -0.2) is 26.3 Å². The molecule has 1 amide bonds. The quantitative estimate of drug-likeness (QED) is 0.842. The van der Waals surface area contributed by atoms with Crippen LogP contribution in [0.25, 0.3) is 0 Å². The number of carbonyl (C=O) groups excluding carboxylic acids is 1. The third-order valence-corrected chi connectivity index (χ3v) is 4.71. The second-order valence-corrected chi connectivity index (χ2v) is 7.15. The van der Waals surface area contributed by atoms with Gasteiger partial charge in [0.05, 0.1) is 6.20 Å². The fourth-order valence-corrected chi connectivity index (χ4v) is 2.63. The molecule has 0 aliphatic carbocycles. The molecule has 1 aromatic heterocycles. The van der Waals surface area contributed by atoms with E-state index in [9.17, 15) is 9.90 Å². The SMILES string of the molecule is CC(C)[C@](C)(Cc1ccc(Cl)cc1)NC(=O)[C@@H](O)c1cnn(C)c1. The van der Waals surface area contributed by atoms with Gasteiger partial charge in [0.2, 0.25) is 0 Å². The maximum atomic E-state index is 12.5. The number of rotatable bonds is 6. The number of hydrogen-bond acceptors (Lipinski definition) is 3. The Bertz CT molecular complexity index is 697. The van der Waals surface area contributed by atoms with Crippen molar-refractivity contribution in [2.24, 2.45) is 13.0 Å². The minimum absolute atomic E-state index is 0.179. The number of aromatic nitrogens is 2. The van der Waals surface area contributed by atoms with E-state index in [0.29, 0.717) is 17.0 Å². The van der Waals surface area contributed by atoms with Crippen LogP contribution in [0.1, 0.15) is 38.0 Å². The molecule has 2 aromatic rings. The van der Waals surface area contributed by atoms with Crippen LogP contribution in [0.2, 0.25) is 5.02 Å². The summed E-state index contributed by atoms with van der Waals surface area (Å²) in [6.45, 7) is 6.08. The Morgan fingerprint density at radius 1 is 1.38 bits per heavy atom. The predicted molar refractivity (Wildman–Crippen MR) is 94.7 cm³/mol. The summed E-state index contributed by atoms with van der Waals surface area (Å²) in [6, 6.07) is 7.58. The second kappa shape index (κ2) is 7.36. The molecule has 0 spiro atoms. The molecule has 0 radical (unpaired) electrons. The van der Waals surface area contributed by atoms with Gasteiger partial charge in [0.15, 0.2) is 6.10 Å². The lowest BCUT2D eigenvalue weighted by molar-refractivity contribution is -0.132. The van der Waals surface area contributed by atoms with Crippen LogP contribution in [0, 0.1) is 5.92 Å². The summed E-state index contributed by atoms with van der Waals surface area (Å²) in [5.41, 5.74) is 1.06. The number of aryl methyl sites for hydroxylation is 1. The maximum Gasteiger partial charge on any atom is 0.254 e. The molecule has 0 bridgehead atoms. The van der Waals surface area contributed by atoms with Crippen LogP contribution < -0.4 is 5.32 Å². The number of carbonyl (C=O) groups is 1. The Balaban J connectivity index is 2.14. The Morgan fingerprint density at radius 2 is 2.00 bits per heavy atom. The Hall–Kier alpha value is -1.85. The lowest BCUT2D eigenvalue weighted by atomic mass is 9.82. The van der Waals surface area contributed by atoms with Gasteiger partial charge in [-0.1, -0.05) is 37.6 Å². The molecule has 6 heteroatoms. The molecule has 24 heavy (non-hydrogen) atoms. The number of hydrogen-bond donors (Lipinski definition) is 2. The summed E-state index contributed by atoms with van der Waals surface area (Å²) >= 11 is 5.93. The average Bonchev–Trinajstić information content (AvgIpc) is 2.95. The van der Waals surface area contributed by atoms with Crippen molar-refractivity contribution < 1.29 is 9.90 Å². The fourth-order valence-electron chi connectivity index (χ4n) is 2.50. The number of aliphatic hydroxyl groups excluding tert-OH is 1. The molecule has 1 aromatic carbocycles. The van der Waals surface area contributed by atoms with Gasteiger partial charge in [0.1, 0.15) is 0 Å². The zero-order valence-corrected chi connectivity index (χ0v) is 15.2. The minimum Gasteiger partial charge on any atom is -0.378 e. The minimum atomic E-state index is -1.23. The Morgan fingerprint density at radius 3 is 2.50 bits per heavy atom. The van der Waals surface area contributed by atoms with Gasteiger partial charge in [0.25, 0.3) is 5.91 Å². The van der Waals surface area contributed by atoms with Gasteiger partial charge in [-0.05, 0) is 37.0 Å². The number of aliphatic hydroxyl groups is 1. The van der Waals surface area contributed by atoms with Gasteiger partial charge in [-0.25, -0.2) is 0 Å². The van der Waals surface area contributed by atoms with E-state index in [0.717, 1.165) is 5.56 Å². The van der Waals surface area contributed by atoms with E-state index in [2.05, 4.69) is 10.4 Å². The topological polar surface area (TPSA) is 67.2 Å². The number of benzene rings is 1. The van der Waals surface area contributed by atoms with E-state index in [1.807, 2.05) is 45.0 Å². The molecule has 0 saturated carbocycles. The summed E-state index contributed by atoms with van der Waals surface area (Å²) in [4.78, 5) is 12.5. The highest BCUT2D eigenvalue weighted by Gasteiger charge is 2.33. The predicted octanol–water partition coefficient (Wildman–Crippen LogP) is 2.88. The van der Waals surface area contributed by atoms with Gasteiger partial charge in [-0.15, -0.1) is 0 Å². The standard InChI is InChI=1S/C18H24ClN3O2/c1-12(2)18(3,9-13-5-7-15(19)8-6-13)21-17(24)16(23)14-10-20-22(4)11-14/h5-8,10-12,16,23H,9H2,1-4H3,(H,21,24)/t16-,18-/m0/s1. The van der Waals surface area contributed by atoms with Crippen molar-refractivity contribution in [3.8, 4) is 0 Å². The average molecular weight is 350 g/mol. The van der Waals surface area contributed by atoms with Crippen molar-refractivity contribution in [1.29, 1.82) is 0 Å². The van der Waals surface area contributed by atoms with E-state index >= 15 is 0 Å². The van der Waals surface area contributed by atoms with Crippen molar-refractivity contribution in [1.82, 2.24) is 15.1 Å². The molecule has 2 rings (SSSR count). The lowest BCUT2D eigenvalue weighted by Crippen LogP contribution is -2.53. The highest BCUT2D eigenvalue weighted by Crippen LogP contribution is 2.24. The fraction of sp³-hybridized carbons (Fsp3) is 0.444. The zero-order valence-electron chi connectivity index (χ0n) is 14.5. The van der Waals surface area contributed by atoms with Crippen LogP contribution in [0.4, 0.5) is 0 Å². The number of halogens is 1. The van der Waals surface area contributed by atoms with Crippen LogP contribution >= 0.6 is 11.6 Å². The summed E-state index contributed by atoms with van der Waals surface area (Å²) < 4.78 is 1.56. The largest absolute Gasteiger partial charge is 0.378 e. The van der Waals surface area contributed by atoms with Crippen LogP contribution in [0.3, 0.4) is 0 Å². The first-order valence-corrected chi connectivity index (χ1v) is 8.32. The van der Waals surface area contributed by atoms with Crippen molar-refractivity contribution in [3.63, 3.8) is 0 Å². The molecule has 0 saturated heterocycles. The van der Waals surface area contributed by atoms with Crippen LogP contribution in [0.15, 0.2) is 36.7 Å². The van der Waals surface area contributed by atoms with E-state index < -0.39 is 17.6 Å². The van der Waals surface area contributed by atoms with Gasteiger partial charge < -0.3 is 10.4 Å². The van der Waals surface area contributed by atoms with Gasteiger partial charge >= 0.3 is 0 Å². The molecular weight excluding hydrogens is 326 g/mol. The molecular formula is C18H24ClN3O2. The van der Waals surface area contributed by atoms with Gasteiger partial charge in [0, 0.05) is 29.4 Å². The van der Waals surface area contributed by atoms with E-state index in [1.54, 1.807) is 17.9 Å². The molecule has 0 aliphatic rings. The first kappa shape index (κ1) is 18.5. The zero-order chi connectivity index (χ0) is 17.9. The highest BCUT2D eigenvalue weighted by atomic mass is 35.5. The van der Waals surface area contributed by atoms with Crippen molar-refractivity contribution in [2.75, 3.05) is 0 Å². The lowest BCUT2D eigenvalue weighted by Gasteiger charge is -2.36. The molecule has 1 heterocycles. The molecule has 2 N–H and O–H groups in total. The van der Waals surface area contributed by atoms with Crippen LogP contribution in [0.5, 0.6) is 0 Å². The number of nitrogens with one attached hydrogen (secondary N) is 1. The summed E-state index contributed by atoms with van der Waals surface area (Å²) in [7, 11) is 1.74. The maximum absolute atomic E-state index is 12.5. The van der Waals surface area contributed by atoms with E-state index in [4.69, 9.17) is 11.6 Å². The second-order valence-electron chi connectivity index (χ2n) is 6.71. The summed E-state index contributed by atoms with van der Waals surface area (Å²) in [5.74, 6) is -0.244. The van der Waals surface area contributed by atoms with Crippen molar-refractivity contribution in [2.45, 2.75) is 38.8 Å². The number of nitrogens with zero attached hydrogens (tertiary/aromatic N) is 2. The molecule has 0 unspecified atom stereocenters. The summed E-state index contributed by atoms with van der Waals surface area (Å²) in [5, 5.41) is 17.9. The normalized spacial score (nSPS) is 15.1. The molecule has 2 atom stereocenters. The Labute approximate surface area is 147 Å². The van der Waals surface area contributed by atoms with Crippen LogP contribution in [-0.2, 0) is 18.3 Å². The molecule has 130 valence electrons. The van der Waals surface area contributed by atoms with Crippen molar-refractivity contribution >= 4 is 17.5 Å². The third-order valence-electron chi connectivity index (χ3n) is 4.46. The molecule has 0 fully saturated rings. The first-order valence-electron chi connectivity index (χ1n) is 7.94. The summed E-state index contributed by atoms with van der Waals surface area (Å²) in [6.07, 6.45) is 2.54. The monoisotopic (exact) mass is 349 g/mol. The third kappa shape index (κ3) is 4.36. The van der Waals surface area contributed by atoms with Gasteiger partial charge in [-0.2, -0.15) is 5.10 Å².